The topological polar surface area (TPSA) is 61.9 Å². The molecule has 1 fully saturated rings. The van der Waals surface area contributed by atoms with Gasteiger partial charge in [-0.3, -0.25) is 4.79 Å². The van der Waals surface area contributed by atoms with Gasteiger partial charge in [-0.1, -0.05) is 42.0 Å². The van der Waals surface area contributed by atoms with Crippen molar-refractivity contribution in [3.8, 4) is 5.75 Å². The summed E-state index contributed by atoms with van der Waals surface area (Å²) < 4.78 is 29.0. The minimum atomic E-state index is -2.89. The van der Waals surface area contributed by atoms with Crippen LogP contribution < -0.4 is 10.1 Å². The number of nitrogens with one attached hydrogen (secondary N) is 1. The van der Waals surface area contributed by atoms with Crippen LogP contribution in [0.15, 0.2) is 48.5 Å². The number of aryl methyl sites for hydroxylation is 1. The number of amides is 3. The second kappa shape index (κ2) is 10.0. The summed E-state index contributed by atoms with van der Waals surface area (Å²) in [5, 5.41) is 2.78. The lowest BCUT2D eigenvalue weighted by molar-refractivity contribution is -0.131. The van der Waals surface area contributed by atoms with E-state index in [2.05, 4.69) is 10.1 Å². The van der Waals surface area contributed by atoms with Crippen LogP contribution in [0, 0.1) is 6.92 Å². The molecule has 3 rings (SSSR count). The number of carbonyl (C=O) groups is 2. The van der Waals surface area contributed by atoms with Crippen LogP contribution in [0.25, 0.3) is 0 Å². The highest BCUT2D eigenvalue weighted by Gasteiger charge is 2.24. The summed E-state index contributed by atoms with van der Waals surface area (Å²) in [5.41, 5.74) is 2.79. The van der Waals surface area contributed by atoms with Gasteiger partial charge in [0.2, 0.25) is 5.91 Å². The van der Waals surface area contributed by atoms with E-state index >= 15 is 0 Å². The second-order valence-corrected chi connectivity index (χ2v) is 7.21. The van der Waals surface area contributed by atoms with Gasteiger partial charge >= 0.3 is 12.6 Å². The predicted molar refractivity (Wildman–Crippen MR) is 108 cm³/mol. The SMILES string of the molecule is Cc1ccc(CC(=O)N2CCN(C(=O)NCc3cccc(OC(F)F)c3)CC2)cc1. The van der Waals surface area contributed by atoms with Crippen molar-refractivity contribution < 1.29 is 23.1 Å². The van der Waals surface area contributed by atoms with Crippen LogP contribution in [0.3, 0.4) is 0 Å². The maximum Gasteiger partial charge on any atom is 0.387 e. The number of hydrogen-bond donors (Lipinski definition) is 1. The van der Waals surface area contributed by atoms with Crippen molar-refractivity contribution in [1.82, 2.24) is 15.1 Å². The van der Waals surface area contributed by atoms with Gasteiger partial charge in [-0.05, 0) is 30.2 Å². The van der Waals surface area contributed by atoms with E-state index in [0.717, 1.165) is 11.1 Å². The lowest BCUT2D eigenvalue weighted by Gasteiger charge is -2.34. The molecule has 2 aromatic carbocycles. The van der Waals surface area contributed by atoms with Crippen molar-refractivity contribution in [2.75, 3.05) is 26.2 Å². The van der Waals surface area contributed by atoms with Gasteiger partial charge in [-0.2, -0.15) is 8.78 Å². The number of alkyl halides is 2. The summed E-state index contributed by atoms with van der Waals surface area (Å²) in [4.78, 5) is 28.3. The zero-order chi connectivity index (χ0) is 21.5. The van der Waals surface area contributed by atoms with E-state index in [1.165, 1.54) is 12.1 Å². The Morgan fingerprint density at radius 1 is 1.00 bits per heavy atom. The van der Waals surface area contributed by atoms with Gasteiger partial charge in [-0.15, -0.1) is 0 Å². The third kappa shape index (κ3) is 6.17. The molecule has 1 saturated heterocycles. The summed E-state index contributed by atoms with van der Waals surface area (Å²) in [6.07, 6.45) is 0.351. The molecule has 0 aromatic heterocycles. The molecule has 0 unspecified atom stereocenters. The molecular weight excluding hydrogens is 392 g/mol. The van der Waals surface area contributed by atoms with Gasteiger partial charge in [0.1, 0.15) is 5.75 Å². The van der Waals surface area contributed by atoms with E-state index in [-0.39, 0.29) is 24.2 Å². The number of carbonyl (C=O) groups excluding carboxylic acids is 2. The zero-order valence-corrected chi connectivity index (χ0v) is 16.8. The largest absolute Gasteiger partial charge is 0.435 e. The molecule has 3 amide bonds. The summed E-state index contributed by atoms with van der Waals surface area (Å²) in [6.45, 7) is 1.17. The Hall–Kier alpha value is -3.16. The number of nitrogens with zero attached hydrogens (tertiary/aromatic N) is 2. The van der Waals surface area contributed by atoms with E-state index in [4.69, 9.17) is 0 Å². The number of benzene rings is 2. The second-order valence-electron chi connectivity index (χ2n) is 7.21. The molecule has 0 aliphatic carbocycles. The summed E-state index contributed by atoms with van der Waals surface area (Å²) in [5.74, 6) is 0.104. The first-order valence-electron chi connectivity index (χ1n) is 9.80. The monoisotopic (exact) mass is 417 g/mol. The Morgan fingerprint density at radius 2 is 1.67 bits per heavy atom. The van der Waals surface area contributed by atoms with E-state index < -0.39 is 6.61 Å². The Kier molecular flexibility index (Phi) is 7.21. The lowest BCUT2D eigenvalue weighted by Crippen LogP contribution is -2.53. The zero-order valence-electron chi connectivity index (χ0n) is 16.8. The van der Waals surface area contributed by atoms with Gasteiger partial charge in [0.15, 0.2) is 0 Å². The fraction of sp³-hybridized carbons (Fsp3) is 0.364. The molecule has 0 radical (unpaired) electrons. The number of rotatable bonds is 6. The van der Waals surface area contributed by atoms with Gasteiger partial charge in [0.05, 0.1) is 6.42 Å². The minimum absolute atomic E-state index is 0.0507. The van der Waals surface area contributed by atoms with Crippen LogP contribution in [-0.2, 0) is 17.8 Å². The Bertz CT molecular complexity index is 866. The molecule has 0 spiro atoms. The molecule has 6 nitrogen and oxygen atoms in total. The van der Waals surface area contributed by atoms with Crippen molar-refractivity contribution in [3.63, 3.8) is 0 Å². The molecule has 1 aliphatic rings. The summed E-state index contributed by atoms with van der Waals surface area (Å²) in [7, 11) is 0. The normalized spacial score (nSPS) is 14.0. The van der Waals surface area contributed by atoms with Gasteiger partial charge in [-0.25, -0.2) is 4.79 Å². The van der Waals surface area contributed by atoms with Crippen LogP contribution in [0.1, 0.15) is 16.7 Å². The Morgan fingerprint density at radius 3 is 2.33 bits per heavy atom. The van der Waals surface area contributed by atoms with Crippen LogP contribution in [-0.4, -0.2) is 54.5 Å². The predicted octanol–water partition coefficient (Wildman–Crippen LogP) is 3.19. The molecule has 0 saturated carbocycles. The van der Waals surface area contributed by atoms with Gasteiger partial charge in [0, 0.05) is 32.7 Å². The smallest absolute Gasteiger partial charge is 0.387 e. The third-order valence-corrected chi connectivity index (χ3v) is 4.96. The summed E-state index contributed by atoms with van der Waals surface area (Å²) in [6, 6.07) is 13.9. The van der Waals surface area contributed by atoms with Crippen molar-refractivity contribution >= 4 is 11.9 Å². The van der Waals surface area contributed by atoms with Gasteiger partial charge in [0.25, 0.3) is 0 Å². The summed E-state index contributed by atoms with van der Waals surface area (Å²) >= 11 is 0. The van der Waals surface area contributed by atoms with Crippen LogP contribution in [0.2, 0.25) is 0 Å². The first-order chi connectivity index (χ1) is 14.4. The first kappa shape index (κ1) is 21.5. The maximum absolute atomic E-state index is 12.5. The highest BCUT2D eigenvalue weighted by molar-refractivity contribution is 5.79. The van der Waals surface area contributed by atoms with Crippen molar-refractivity contribution in [2.45, 2.75) is 26.5 Å². The number of hydrogen-bond acceptors (Lipinski definition) is 3. The van der Waals surface area contributed by atoms with E-state index in [9.17, 15) is 18.4 Å². The van der Waals surface area contributed by atoms with Crippen molar-refractivity contribution in [1.29, 1.82) is 0 Å². The molecule has 1 heterocycles. The van der Waals surface area contributed by atoms with E-state index in [0.29, 0.717) is 38.2 Å². The van der Waals surface area contributed by atoms with Gasteiger partial charge < -0.3 is 19.9 Å². The third-order valence-electron chi connectivity index (χ3n) is 4.96. The molecule has 1 N–H and O–H groups in total. The molecule has 160 valence electrons. The maximum atomic E-state index is 12.5. The number of halogens is 2. The fourth-order valence-corrected chi connectivity index (χ4v) is 3.27. The van der Waals surface area contributed by atoms with Crippen LogP contribution >= 0.6 is 0 Å². The molecule has 30 heavy (non-hydrogen) atoms. The minimum Gasteiger partial charge on any atom is -0.435 e. The molecule has 2 aromatic rings. The van der Waals surface area contributed by atoms with E-state index in [1.54, 1.807) is 21.9 Å². The number of piperazine rings is 1. The standard InChI is InChI=1S/C22H25F2N3O3/c1-16-5-7-17(8-6-16)14-20(28)26-9-11-27(12-10-26)22(29)25-15-18-3-2-4-19(13-18)30-21(23)24/h2-8,13,21H,9-12,14-15H2,1H3,(H,25,29). The van der Waals surface area contributed by atoms with Crippen LogP contribution in [0.4, 0.5) is 13.6 Å². The molecule has 0 atom stereocenters. The quantitative estimate of drug-likeness (QED) is 0.785. The van der Waals surface area contributed by atoms with Crippen LogP contribution in [0.5, 0.6) is 5.75 Å². The fourth-order valence-electron chi connectivity index (χ4n) is 3.27. The molecule has 0 bridgehead atoms. The average molecular weight is 417 g/mol. The van der Waals surface area contributed by atoms with Crippen molar-refractivity contribution in [2.24, 2.45) is 0 Å². The first-order valence-corrected chi connectivity index (χ1v) is 9.80. The average Bonchev–Trinajstić information content (AvgIpc) is 2.73. The number of urea groups is 1. The molecule has 1 aliphatic heterocycles. The lowest BCUT2D eigenvalue weighted by atomic mass is 10.1. The molecule has 8 heteroatoms. The number of ether oxygens (including phenoxy) is 1. The van der Waals surface area contributed by atoms with E-state index in [1.807, 2.05) is 31.2 Å². The highest BCUT2D eigenvalue weighted by Crippen LogP contribution is 2.16. The Balaban J connectivity index is 1.43. The molecular formula is C22H25F2N3O3. The van der Waals surface area contributed by atoms with Crippen molar-refractivity contribution in [3.05, 3.63) is 65.2 Å². The Labute approximate surface area is 174 Å². The highest BCUT2D eigenvalue weighted by atomic mass is 19.3.